The summed E-state index contributed by atoms with van der Waals surface area (Å²) in [6, 6.07) is 4.02. The summed E-state index contributed by atoms with van der Waals surface area (Å²) in [5, 5.41) is 3.06. The first-order chi connectivity index (χ1) is 10.6. The Morgan fingerprint density at radius 2 is 2.36 bits per heavy atom. The molecule has 0 unspecified atom stereocenters. The molecule has 2 aromatic heterocycles. The lowest BCUT2D eigenvalue weighted by atomic mass is 9.89. The van der Waals surface area contributed by atoms with E-state index < -0.39 is 0 Å². The molecule has 5 nitrogen and oxygen atoms in total. The number of carbonyl (C=O) groups excluding carboxylic acids is 1. The van der Waals surface area contributed by atoms with Gasteiger partial charge in [0.15, 0.2) is 0 Å². The summed E-state index contributed by atoms with van der Waals surface area (Å²) in [7, 11) is 0. The van der Waals surface area contributed by atoms with E-state index in [9.17, 15) is 4.79 Å². The molecule has 5 heteroatoms. The van der Waals surface area contributed by atoms with Crippen LogP contribution < -0.4 is 5.32 Å². The highest BCUT2D eigenvalue weighted by Crippen LogP contribution is 2.25. The molecule has 1 atom stereocenters. The van der Waals surface area contributed by atoms with E-state index in [1.54, 1.807) is 0 Å². The van der Waals surface area contributed by atoms with E-state index >= 15 is 0 Å². The van der Waals surface area contributed by atoms with E-state index in [0.717, 1.165) is 48.6 Å². The fourth-order valence-corrected chi connectivity index (χ4v) is 2.99. The van der Waals surface area contributed by atoms with Crippen molar-refractivity contribution in [1.82, 2.24) is 20.3 Å². The van der Waals surface area contributed by atoms with Crippen molar-refractivity contribution >= 4 is 5.91 Å². The predicted octanol–water partition coefficient (Wildman–Crippen LogP) is 2.33. The van der Waals surface area contributed by atoms with Gasteiger partial charge >= 0.3 is 0 Å². The van der Waals surface area contributed by atoms with Gasteiger partial charge in [0.1, 0.15) is 5.82 Å². The number of aromatic amines is 2. The lowest BCUT2D eigenvalue weighted by Crippen LogP contribution is -2.35. The van der Waals surface area contributed by atoms with Crippen LogP contribution in [0.25, 0.3) is 0 Å². The number of nitrogens with one attached hydrogen (secondary N) is 3. The maximum Gasteiger partial charge on any atom is 0.223 e. The van der Waals surface area contributed by atoms with Gasteiger partial charge in [-0.3, -0.25) is 4.79 Å². The quantitative estimate of drug-likeness (QED) is 0.793. The van der Waals surface area contributed by atoms with Crippen molar-refractivity contribution in [3.63, 3.8) is 0 Å². The van der Waals surface area contributed by atoms with E-state index in [1.165, 1.54) is 0 Å². The third-order valence-electron chi connectivity index (χ3n) is 4.34. The van der Waals surface area contributed by atoms with Gasteiger partial charge in [0.2, 0.25) is 5.91 Å². The summed E-state index contributed by atoms with van der Waals surface area (Å²) in [5.41, 5.74) is 3.46. The van der Waals surface area contributed by atoms with Crippen LogP contribution in [0.3, 0.4) is 0 Å². The second-order valence-electron chi connectivity index (χ2n) is 6.38. The van der Waals surface area contributed by atoms with Crippen LogP contribution in [0.2, 0.25) is 0 Å². The van der Waals surface area contributed by atoms with Crippen molar-refractivity contribution in [3.05, 3.63) is 41.2 Å². The van der Waals surface area contributed by atoms with Gasteiger partial charge < -0.3 is 15.3 Å². The summed E-state index contributed by atoms with van der Waals surface area (Å²) in [5.74, 6) is 1.67. The summed E-state index contributed by atoms with van der Waals surface area (Å²) in [4.78, 5) is 23.5. The van der Waals surface area contributed by atoms with Gasteiger partial charge in [-0.2, -0.15) is 0 Å². The third kappa shape index (κ3) is 3.24. The smallest absolute Gasteiger partial charge is 0.223 e. The second-order valence-corrected chi connectivity index (χ2v) is 6.38. The Labute approximate surface area is 130 Å². The first-order valence-electron chi connectivity index (χ1n) is 8.11. The molecule has 1 aliphatic rings. The average molecular weight is 300 g/mol. The number of hydrogen-bond acceptors (Lipinski definition) is 2. The number of nitrogens with zero attached hydrogens (tertiary/aromatic N) is 1. The van der Waals surface area contributed by atoms with Gasteiger partial charge in [-0.1, -0.05) is 13.8 Å². The topological polar surface area (TPSA) is 73.6 Å². The SMILES string of the molecule is CC(C)c1nc2c([nH]1)C[C@H](C(=O)NCCc1ccc[nH]1)CC2. The molecule has 0 aromatic carbocycles. The van der Waals surface area contributed by atoms with Crippen LogP contribution in [-0.2, 0) is 24.1 Å². The van der Waals surface area contributed by atoms with Crippen molar-refractivity contribution < 1.29 is 4.79 Å². The van der Waals surface area contributed by atoms with Crippen LogP contribution in [0.15, 0.2) is 18.3 Å². The van der Waals surface area contributed by atoms with Crippen molar-refractivity contribution in [1.29, 1.82) is 0 Å². The summed E-state index contributed by atoms with van der Waals surface area (Å²) in [6.07, 6.45) is 5.32. The molecule has 118 valence electrons. The van der Waals surface area contributed by atoms with Crippen LogP contribution in [0.1, 0.15) is 49.1 Å². The average Bonchev–Trinajstić information content (AvgIpc) is 3.15. The van der Waals surface area contributed by atoms with Gasteiger partial charge in [0, 0.05) is 48.8 Å². The van der Waals surface area contributed by atoms with E-state index in [1.807, 2.05) is 18.3 Å². The van der Waals surface area contributed by atoms with E-state index in [0.29, 0.717) is 12.5 Å². The van der Waals surface area contributed by atoms with E-state index in [2.05, 4.69) is 34.1 Å². The normalized spacial score (nSPS) is 17.5. The summed E-state index contributed by atoms with van der Waals surface area (Å²) < 4.78 is 0. The molecule has 0 saturated heterocycles. The van der Waals surface area contributed by atoms with Crippen molar-refractivity contribution in [3.8, 4) is 0 Å². The number of carbonyl (C=O) groups is 1. The number of aromatic nitrogens is 3. The lowest BCUT2D eigenvalue weighted by Gasteiger charge is -2.20. The largest absolute Gasteiger partial charge is 0.365 e. The number of fused-ring (bicyclic) bond motifs is 1. The fraction of sp³-hybridized carbons (Fsp3) is 0.529. The standard InChI is InChI=1S/C17H24N4O/c1-11(2)16-20-14-6-5-12(10-15(14)21-16)17(22)19-9-7-13-4-3-8-18-13/h3-4,8,11-12,18H,5-7,9-10H2,1-2H3,(H,19,22)(H,20,21)/t12-/m1/s1. The Hall–Kier alpha value is -2.04. The van der Waals surface area contributed by atoms with Crippen LogP contribution in [0.5, 0.6) is 0 Å². The number of H-pyrrole nitrogens is 2. The van der Waals surface area contributed by atoms with Crippen LogP contribution in [0.4, 0.5) is 0 Å². The Morgan fingerprint density at radius 1 is 1.50 bits per heavy atom. The minimum atomic E-state index is 0.0663. The number of imidazole rings is 1. The molecule has 2 aromatic rings. The number of aryl methyl sites for hydroxylation is 1. The second kappa shape index (κ2) is 6.38. The van der Waals surface area contributed by atoms with Crippen molar-refractivity contribution in [2.45, 2.75) is 45.4 Å². The molecule has 2 heterocycles. The lowest BCUT2D eigenvalue weighted by molar-refractivity contribution is -0.125. The minimum Gasteiger partial charge on any atom is -0.365 e. The molecule has 0 bridgehead atoms. The molecule has 0 fully saturated rings. The molecule has 0 spiro atoms. The van der Waals surface area contributed by atoms with Gasteiger partial charge in [-0.15, -0.1) is 0 Å². The molecule has 0 aliphatic heterocycles. The van der Waals surface area contributed by atoms with Crippen molar-refractivity contribution in [2.75, 3.05) is 6.54 Å². The van der Waals surface area contributed by atoms with E-state index in [4.69, 9.17) is 0 Å². The predicted molar refractivity (Wildman–Crippen MR) is 85.7 cm³/mol. The monoisotopic (exact) mass is 300 g/mol. The molecule has 0 saturated carbocycles. The van der Waals surface area contributed by atoms with Gasteiger partial charge in [0.25, 0.3) is 0 Å². The van der Waals surface area contributed by atoms with Crippen molar-refractivity contribution in [2.24, 2.45) is 5.92 Å². The molecule has 22 heavy (non-hydrogen) atoms. The third-order valence-corrected chi connectivity index (χ3v) is 4.34. The first kappa shape index (κ1) is 14.9. The maximum absolute atomic E-state index is 12.3. The minimum absolute atomic E-state index is 0.0663. The highest BCUT2D eigenvalue weighted by molar-refractivity contribution is 5.79. The zero-order chi connectivity index (χ0) is 15.5. The Kier molecular flexibility index (Phi) is 4.32. The Balaban J connectivity index is 1.53. The molecule has 3 N–H and O–H groups in total. The molecule has 1 amide bonds. The Bertz CT molecular complexity index is 627. The number of amides is 1. The fourth-order valence-electron chi connectivity index (χ4n) is 2.99. The summed E-state index contributed by atoms with van der Waals surface area (Å²) in [6.45, 7) is 4.95. The van der Waals surface area contributed by atoms with Gasteiger partial charge in [-0.25, -0.2) is 4.98 Å². The van der Waals surface area contributed by atoms with E-state index in [-0.39, 0.29) is 11.8 Å². The molecule has 3 rings (SSSR count). The highest BCUT2D eigenvalue weighted by atomic mass is 16.1. The summed E-state index contributed by atoms with van der Waals surface area (Å²) >= 11 is 0. The molecule has 0 radical (unpaired) electrons. The van der Waals surface area contributed by atoms with Gasteiger partial charge in [-0.05, 0) is 25.0 Å². The zero-order valence-corrected chi connectivity index (χ0v) is 13.3. The first-order valence-corrected chi connectivity index (χ1v) is 8.11. The molecular weight excluding hydrogens is 276 g/mol. The number of hydrogen-bond donors (Lipinski definition) is 3. The molecular formula is C17H24N4O. The van der Waals surface area contributed by atoms with Gasteiger partial charge in [0.05, 0.1) is 5.69 Å². The number of rotatable bonds is 5. The van der Waals surface area contributed by atoms with Crippen LogP contribution in [0, 0.1) is 5.92 Å². The zero-order valence-electron chi connectivity index (χ0n) is 13.3. The highest BCUT2D eigenvalue weighted by Gasteiger charge is 2.27. The molecule has 1 aliphatic carbocycles. The van der Waals surface area contributed by atoms with Crippen LogP contribution >= 0.6 is 0 Å². The Morgan fingerprint density at radius 3 is 3.09 bits per heavy atom. The van der Waals surface area contributed by atoms with Crippen LogP contribution in [-0.4, -0.2) is 27.4 Å². The maximum atomic E-state index is 12.3.